The van der Waals surface area contributed by atoms with E-state index in [4.69, 9.17) is 9.97 Å². The SMILES string of the molecule is c1ccc(-c2ccc(-c3cccc(-c4cc(-c5cccc6c5c5ccccc5n6-c5ccc6sc7ccccc7c6c5)nc(-c5ccccc5)n4)c3)cc2)cc1. The van der Waals surface area contributed by atoms with Crippen LogP contribution in [0.5, 0.6) is 0 Å². The van der Waals surface area contributed by atoms with Crippen molar-refractivity contribution >= 4 is 53.3 Å². The predicted molar refractivity (Wildman–Crippen MR) is 236 cm³/mol. The molecular weight excluding hydrogens is 699 g/mol. The summed E-state index contributed by atoms with van der Waals surface area (Å²) in [5, 5.41) is 4.95. The first-order valence-corrected chi connectivity index (χ1v) is 19.7. The molecule has 11 rings (SSSR count). The molecule has 3 nitrogen and oxygen atoms in total. The Morgan fingerprint density at radius 1 is 0.357 bits per heavy atom. The highest BCUT2D eigenvalue weighted by Crippen LogP contribution is 2.41. The summed E-state index contributed by atoms with van der Waals surface area (Å²) in [6, 6.07) is 71.4. The van der Waals surface area contributed by atoms with Crippen molar-refractivity contribution in [1.82, 2.24) is 14.5 Å². The monoisotopic (exact) mass is 731 g/mol. The maximum absolute atomic E-state index is 5.31. The third-order valence-electron chi connectivity index (χ3n) is 10.8. The Morgan fingerprint density at radius 3 is 1.77 bits per heavy atom. The van der Waals surface area contributed by atoms with Gasteiger partial charge in [0.15, 0.2) is 5.82 Å². The van der Waals surface area contributed by atoms with Gasteiger partial charge in [0.1, 0.15) is 0 Å². The minimum Gasteiger partial charge on any atom is -0.309 e. The largest absolute Gasteiger partial charge is 0.309 e. The number of fused-ring (bicyclic) bond motifs is 6. The lowest BCUT2D eigenvalue weighted by Crippen LogP contribution is -1.97. The second-order valence-electron chi connectivity index (χ2n) is 14.2. The van der Waals surface area contributed by atoms with Crippen LogP contribution in [0.3, 0.4) is 0 Å². The van der Waals surface area contributed by atoms with Gasteiger partial charge in [-0.2, -0.15) is 0 Å². The smallest absolute Gasteiger partial charge is 0.160 e. The molecule has 8 aromatic carbocycles. The molecular formula is C52H33N3S. The molecule has 0 amide bonds. The van der Waals surface area contributed by atoms with Crippen molar-refractivity contribution in [1.29, 1.82) is 0 Å². The Bertz CT molecular complexity index is 3230. The molecule has 0 N–H and O–H groups in total. The second-order valence-corrected chi connectivity index (χ2v) is 15.3. The zero-order chi connectivity index (χ0) is 37.0. The van der Waals surface area contributed by atoms with E-state index in [1.165, 1.54) is 42.1 Å². The number of hydrogen-bond acceptors (Lipinski definition) is 3. The number of nitrogens with zero attached hydrogens (tertiary/aromatic N) is 3. The number of thiophene rings is 1. The van der Waals surface area contributed by atoms with Crippen LogP contribution in [0.15, 0.2) is 200 Å². The van der Waals surface area contributed by atoms with E-state index in [2.05, 4.69) is 187 Å². The average Bonchev–Trinajstić information content (AvgIpc) is 3.82. The fourth-order valence-corrected chi connectivity index (χ4v) is 9.24. The number of rotatable bonds is 6. The van der Waals surface area contributed by atoms with E-state index in [0.717, 1.165) is 55.9 Å². The van der Waals surface area contributed by atoms with Gasteiger partial charge in [-0.3, -0.25) is 0 Å². The number of aromatic nitrogens is 3. The molecule has 0 radical (unpaired) electrons. The van der Waals surface area contributed by atoms with Crippen LogP contribution in [0, 0.1) is 0 Å². The molecule has 0 saturated heterocycles. The van der Waals surface area contributed by atoms with Gasteiger partial charge in [-0.25, -0.2) is 9.97 Å². The van der Waals surface area contributed by atoms with Crippen LogP contribution >= 0.6 is 11.3 Å². The van der Waals surface area contributed by atoms with E-state index < -0.39 is 0 Å². The van der Waals surface area contributed by atoms with Crippen LogP contribution in [-0.4, -0.2) is 14.5 Å². The van der Waals surface area contributed by atoms with Gasteiger partial charge >= 0.3 is 0 Å². The van der Waals surface area contributed by atoms with Crippen LogP contribution in [0.1, 0.15) is 0 Å². The van der Waals surface area contributed by atoms with E-state index in [9.17, 15) is 0 Å². The van der Waals surface area contributed by atoms with Crippen LogP contribution < -0.4 is 0 Å². The lowest BCUT2D eigenvalue weighted by Gasteiger charge is -2.12. The minimum absolute atomic E-state index is 0.700. The quantitative estimate of drug-likeness (QED) is 0.170. The van der Waals surface area contributed by atoms with Crippen molar-refractivity contribution in [2.75, 3.05) is 0 Å². The molecule has 0 unspecified atom stereocenters. The third-order valence-corrected chi connectivity index (χ3v) is 12.0. The molecule has 0 aliphatic heterocycles. The van der Waals surface area contributed by atoms with E-state index in [1.807, 2.05) is 29.5 Å². The summed E-state index contributed by atoms with van der Waals surface area (Å²) >= 11 is 1.85. The maximum atomic E-state index is 5.31. The van der Waals surface area contributed by atoms with Crippen molar-refractivity contribution < 1.29 is 0 Å². The maximum Gasteiger partial charge on any atom is 0.160 e. The van der Waals surface area contributed by atoms with Crippen molar-refractivity contribution in [2.45, 2.75) is 0 Å². The van der Waals surface area contributed by atoms with E-state index in [1.54, 1.807) is 0 Å². The highest BCUT2D eigenvalue weighted by Gasteiger charge is 2.19. The molecule has 4 heteroatoms. The van der Waals surface area contributed by atoms with Crippen LogP contribution in [0.25, 0.3) is 104 Å². The lowest BCUT2D eigenvalue weighted by molar-refractivity contribution is 1.18. The van der Waals surface area contributed by atoms with E-state index >= 15 is 0 Å². The second kappa shape index (κ2) is 13.3. The molecule has 0 aliphatic carbocycles. The molecule has 3 aromatic heterocycles. The number of benzene rings is 8. The van der Waals surface area contributed by atoms with E-state index in [0.29, 0.717) is 5.82 Å². The van der Waals surface area contributed by atoms with Crippen LogP contribution in [-0.2, 0) is 0 Å². The minimum atomic E-state index is 0.700. The summed E-state index contributed by atoms with van der Waals surface area (Å²) in [6.07, 6.45) is 0. The molecule has 0 aliphatic rings. The molecule has 0 atom stereocenters. The molecule has 0 fully saturated rings. The Balaban J connectivity index is 1.08. The Hall–Kier alpha value is -7.14. The van der Waals surface area contributed by atoms with Crippen molar-refractivity contribution in [3.63, 3.8) is 0 Å². The number of para-hydroxylation sites is 1. The molecule has 11 aromatic rings. The molecule has 56 heavy (non-hydrogen) atoms. The molecule has 3 heterocycles. The molecule has 0 saturated carbocycles. The summed E-state index contributed by atoms with van der Waals surface area (Å²) in [5.41, 5.74) is 13.0. The molecule has 262 valence electrons. The first kappa shape index (κ1) is 32.3. The Morgan fingerprint density at radius 2 is 0.946 bits per heavy atom. The fraction of sp³-hybridized carbons (Fsp3) is 0. The third kappa shape index (κ3) is 5.50. The normalized spacial score (nSPS) is 11.6. The van der Waals surface area contributed by atoms with Gasteiger partial charge in [0.2, 0.25) is 0 Å². The van der Waals surface area contributed by atoms with E-state index in [-0.39, 0.29) is 0 Å². The standard InChI is InChI=1S/C52H33N3S/c1-3-13-34(14-4-1)35-25-27-36(28-26-35)38-17-11-18-39(31-38)45-33-46(54-52(53-45)37-15-5-2-6-16-37)42-21-12-23-48-51(42)43-20-7-9-22-47(43)55(48)40-29-30-50-44(32-40)41-19-8-10-24-49(41)56-50/h1-33H. The fourth-order valence-electron chi connectivity index (χ4n) is 8.16. The molecule has 0 bridgehead atoms. The van der Waals surface area contributed by atoms with Crippen molar-refractivity contribution in [2.24, 2.45) is 0 Å². The van der Waals surface area contributed by atoms with Gasteiger partial charge in [-0.15, -0.1) is 11.3 Å². The van der Waals surface area contributed by atoms with Crippen molar-refractivity contribution in [3.05, 3.63) is 200 Å². The highest BCUT2D eigenvalue weighted by molar-refractivity contribution is 7.25. The average molecular weight is 732 g/mol. The first-order chi connectivity index (χ1) is 27.7. The summed E-state index contributed by atoms with van der Waals surface area (Å²) in [7, 11) is 0. The highest BCUT2D eigenvalue weighted by atomic mass is 32.1. The Labute approximate surface area is 328 Å². The summed E-state index contributed by atoms with van der Waals surface area (Å²) in [6.45, 7) is 0. The van der Waals surface area contributed by atoms with Gasteiger partial charge in [0.25, 0.3) is 0 Å². The Kier molecular flexibility index (Phi) is 7.68. The summed E-state index contributed by atoms with van der Waals surface area (Å²) < 4.78 is 5.02. The van der Waals surface area contributed by atoms with Gasteiger partial charge in [-0.05, 0) is 70.8 Å². The summed E-state index contributed by atoms with van der Waals surface area (Å²) in [5.74, 6) is 0.700. The topological polar surface area (TPSA) is 30.7 Å². The molecule has 0 spiro atoms. The van der Waals surface area contributed by atoms with Crippen LogP contribution in [0.2, 0.25) is 0 Å². The zero-order valence-electron chi connectivity index (χ0n) is 30.3. The van der Waals surface area contributed by atoms with Gasteiger partial charge < -0.3 is 4.57 Å². The van der Waals surface area contributed by atoms with Gasteiger partial charge in [-0.1, -0.05) is 152 Å². The lowest BCUT2D eigenvalue weighted by atomic mass is 9.97. The first-order valence-electron chi connectivity index (χ1n) is 18.9. The predicted octanol–water partition coefficient (Wildman–Crippen LogP) is 14.3. The van der Waals surface area contributed by atoms with Crippen LogP contribution in [0.4, 0.5) is 0 Å². The summed E-state index contributed by atoms with van der Waals surface area (Å²) in [4.78, 5) is 10.5. The van der Waals surface area contributed by atoms with Gasteiger partial charge in [0.05, 0.1) is 22.4 Å². The van der Waals surface area contributed by atoms with Gasteiger partial charge in [0, 0.05) is 53.3 Å². The zero-order valence-corrected chi connectivity index (χ0v) is 31.1. The van der Waals surface area contributed by atoms with Crippen molar-refractivity contribution in [3.8, 4) is 61.8 Å². The number of hydrogen-bond donors (Lipinski definition) is 0.